The fraction of sp³-hybridized carbons (Fsp3) is 0.923. The van der Waals surface area contributed by atoms with Crippen molar-refractivity contribution in [3.05, 3.63) is 0 Å². The number of halogens is 2. The monoisotopic (exact) mass is 427 g/mol. The topological polar surface area (TPSA) is 54.5 Å². The summed E-state index contributed by atoms with van der Waals surface area (Å²) in [7, 11) is -3.48. The van der Waals surface area contributed by atoms with Gasteiger partial charge in [0.1, 0.15) is 4.83 Å². The zero-order valence-corrected chi connectivity index (χ0v) is 15.6. The van der Waals surface area contributed by atoms with Crippen LogP contribution in [0.15, 0.2) is 0 Å². The highest BCUT2D eigenvalue weighted by molar-refractivity contribution is 9.12. The summed E-state index contributed by atoms with van der Waals surface area (Å²) in [6, 6.07) is -0.132. The summed E-state index contributed by atoms with van der Waals surface area (Å²) < 4.78 is 26.4. The second-order valence-electron chi connectivity index (χ2n) is 6.88. The SMILES string of the molecule is CC1(C)[C@H]2CC[C@@]13CS(=O)(=O)N(C(=O)C(Br)CBr)[C@H]3C2. The lowest BCUT2D eigenvalue weighted by Crippen LogP contribution is -2.46. The fourth-order valence-electron chi connectivity index (χ4n) is 4.78. The van der Waals surface area contributed by atoms with E-state index in [2.05, 4.69) is 45.7 Å². The molecule has 114 valence electrons. The number of rotatable bonds is 2. The number of sulfonamides is 1. The largest absolute Gasteiger partial charge is 0.272 e. The standard InChI is InChI=1S/C13H19Br2NO3S/c1-12(2)8-3-4-13(12)7-20(18,19)16(10(13)5-8)11(17)9(15)6-14/h8-10H,3-7H2,1-2H3/t8-,9?,10-,13-/m0/s1. The quantitative estimate of drug-likeness (QED) is 0.635. The van der Waals surface area contributed by atoms with Crippen LogP contribution in [0, 0.1) is 16.7 Å². The van der Waals surface area contributed by atoms with E-state index in [1.807, 2.05) is 0 Å². The normalized spacial score (nSPS) is 41.7. The lowest BCUT2D eigenvalue weighted by molar-refractivity contribution is -0.127. The Morgan fingerprint density at radius 2 is 2.10 bits per heavy atom. The summed E-state index contributed by atoms with van der Waals surface area (Å²) >= 11 is 6.52. The van der Waals surface area contributed by atoms with Crippen LogP contribution >= 0.6 is 31.9 Å². The van der Waals surface area contributed by atoms with Crippen molar-refractivity contribution in [3.8, 4) is 0 Å². The highest BCUT2D eigenvalue weighted by Gasteiger charge is 2.72. The molecule has 0 aromatic heterocycles. The number of carbonyl (C=O) groups excluding carboxylic acids is 1. The summed E-state index contributed by atoms with van der Waals surface area (Å²) in [6.45, 7) is 4.37. The molecule has 1 heterocycles. The number of alkyl halides is 2. The first-order chi connectivity index (χ1) is 9.17. The first kappa shape index (κ1) is 15.3. The van der Waals surface area contributed by atoms with Crippen LogP contribution in [0.3, 0.4) is 0 Å². The number of hydrogen-bond donors (Lipinski definition) is 0. The van der Waals surface area contributed by atoms with Gasteiger partial charge in [-0.25, -0.2) is 12.7 Å². The molecule has 4 nitrogen and oxygen atoms in total. The first-order valence-electron chi connectivity index (χ1n) is 6.93. The van der Waals surface area contributed by atoms with Gasteiger partial charge in [0, 0.05) is 10.7 Å². The van der Waals surface area contributed by atoms with Gasteiger partial charge >= 0.3 is 0 Å². The van der Waals surface area contributed by atoms with E-state index in [1.54, 1.807) is 0 Å². The van der Waals surface area contributed by atoms with Crippen molar-refractivity contribution in [2.24, 2.45) is 16.7 Å². The maximum absolute atomic E-state index is 12.6. The molecule has 0 aromatic rings. The number of nitrogens with zero attached hydrogens (tertiary/aromatic N) is 1. The highest BCUT2D eigenvalue weighted by atomic mass is 79.9. The summed E-state index contributed by atoms with van der Waals surface area (Å²) in [5.74, 6) is 0.366. The highest BCUT2D eigenvalue weighted by Crippen LogP contribution is 2.70. The predicted molar refractivity (Wildman–Crippen MR) is 84.5 cm³/mol. The van der Waals surface area contributed by atoms with Gasteiger partial charge in [-0.15, -0.1) is 0 Å². The van der Waals surface area contributed by atoms with Crippen molar-refractivity contribution in [3.63, 3.8) is 0 Å². The van der Waals surface area contributed by atoms with Crippen molar-refractivity contribution in [1.82, 2.24) is 4.31 Å². The molecule has 3 rings (SSSR count). The van der Waals surface area contributed by atoms with Gasteiger partial charge in [0.2, 0.25) is 10.0 Å². The van der Waals surface area contributed by atoms with E-state index in [0.29, 0.717) is 11.2 Å². The molecule has 3 fully saturated rings. The van der Waals surface area contributed by atoms with Crippen LogP contribution in [0.25, 0.3) is 0 Å². The Kier molecular flexibility index (Phi) is 3.40. The smallest absolute Gasteiger partial charge is 0.250 e. The minimum atomic E-state index is -3.48. The van der Waals surface area contributed by atoms with E-state index in [1.165, 1.54) is 4.31 Å². The van der Waals surface area contributed by atoms with Gasteiger partial charge in [-0.05, 0) is 30.6 Å². The Hall–Kier alpha value is 0.380. The van der Waals surface area contributed by atoms with Crippen molar-refractivity contribution in [2.45, 2.75) is 44.0 Å². The Balaban J connectivity index is 2.05. The maximum Gasteiger partial charge on any atom is 0.250 e. The molecular weight excluding hydrogens is 410 g/mol. The summed E-state index contributed by atoms with van der Waals surface area (Å²) in [4.78, 5) is 12.0. The van der Waals surface area contributed by atoms with Gasteiger partial charge in [-0.3, -0.25) is 4.79 Å². The van der Waals surface area contributed by atoms with Crippen molar-refractivity contribution < 1.29 is 13.2 Å². The minimum absolute atomic E-state index is 0.00990. The average molecular weight is 429 g/mol. The Morgan fingerprint density at radius 3 is 2.65 bits per heavy atom. The number of fused-ring (bicyclic) bond motifs is 1. The second kappa shape index (κ2) is 4.44. The molecule has 2 bridgehead atoms. The molecular formula is C13H19Br2NO3S. The lowest BCUT2D eigenvalue weighted by atomic mass is 9.69. The molecule has 1 amide bonds. The van der Waals surface area contributed by atoms with Gasteiger partial charge in [-0.2, -0.15) is 0 Å². The summed E-state index contributed by atoms with van der Waals surface area (Å²) in [5.41, 5.74) is -0.221. The molecule has 1 saturated heterocycles. The van der Waals surface area contributed by atoms with E-state index in [4.69, 9.17) is 0 Å². The van der Waals surface area contributed by atoms with E-state index in [0.717, 1.165) is 19.3 Å². The van der Waals surface area contributed by atoms with Crippen molar-refractivity contribution >= 4 is 47.8 Å². The zero-order valence-electron chi connectivity index (χ0n) is 11.6. The van der Waals surface area contributed by atoms with Gasteiger partial charge < -0.3 is 0 Å². The molecule has 7 heteroatoms. The number of hydrogen-bond acceptors (Lipinski definition) is 3. The van der Waals surface area contributed by atoms with E-state index >= 15 is 0 Å². The van der Waals surface area contributed by atoms with Crippen LogP contribution in [0.2, 0.25) is 0 Å². The van der Waals surface area contributed by atoms with Gasteiger partial charge in [0.15, 0.2) is 0 Å². The molecule has 1 unspecified atom stereocenters. The Morgan fingerprint density at radius 1 is 1.45 bits per heavy atom. The van der Waals surface area contributed by atoms with E-state index < -0.39 is 14.9 Å². The van der Waals surface area contributed by atoms with Crippen LogP contribution in [-0.2, 0) is 14.8 Å². The third kappa shape index (κ3) is 1.69. The molecule has 3 aliphatic rings. The van der Waals surface area contributed by atoms with E-state index in [9.17, 15) is 13.2 Å². The lowest BCUT2D eigenvalue weighted by Gasteiger charge is -2.37. The predicted octanol–water partition coefficient (Wildman–Crippen LogP) is 2.51. The van der Waals surface area contributed by atoms with Gasteiger partial charge in [-0.1, -0.05) is 45.7 Å². The molecule has 0 N–H and O–H groups in total. The summed E-state index contributed by atoms with van der Waals surface area (Å²) in [6.07, 6.45) is 2.86. The van der Waals surface area contributed by atoms with E-state index in [-0.39, 0.29) is 28.5 Å². The average Bonchev–Trinajstić information content (AvgIpc) is 2.83. The second-order valence-corrected chi connectivity index (χ2v) is 10.5. The van der Waals surface area contributed by atoms with Crippen molar-refractivity contribution in [2.75, 3.05) is 11.1 Å². The molecule has 0 aromatic carbocycles. The molecule has 0 radical (unpaired) electrons. The third-order valence-electron chi connectivity index (χ3n) is 6.03. The van der Waals surface area contributed by atoms with Crippen LogP contribution in [0.5, 0.6) is 0 Å². The van der Waals surface area contributed by atoms with Crippen LogP contribution in [0.4, 0.5) is 0 Å². The zero-order chi connectivity index (χ0) is 14.9. The molecule has 1 aliphatic heterocycles. The molecule has 20 heavy (non-hydrogen) atoms. The fourth-order valence-corrected chi connectivity index (χ4v) is 7.99. The molecule has 2 saturated carbocycles. The molecule has 4 atom stereocenters. The van der Waals surface area contributed by atoms with Crippen LogP contribution < -0.4 is 0 Å². The number of carbonyl (C=O) groups is 1. The van der Waals surface area contributed by atoms with Crippen LogP contribution in [0.1, 0.15) is 33.1 Å². The molecule has 2 aliphatic carbocycles. The Bertz CT molecular complexity index is 562. The van der Waals surface area contributed by atoms with Gasteiger partial charge in [0.05, 0.1) is 11.8 Å². The van der Waals surface area contributed by atoms with Gasteiger partial charge in [0.25, 0.3) is 5.91 Å². The third-order valence-corrected chi connectivity index (χ3v) is 10.2. The first-order valence-corrected chi connectivity index (χ1v) is 10.6. The number of amides is 1. The molecule has 1 spiro atoms. The minimum Gasteiger partial charge on any atom is -0.272 e. The Labute approximate surface area is 137 Å². The summed E-state index contributed by atoms with van der Waals surface area (Å²) in [5, 5.41) is 0.421. The van der Waals surface area contributed by atoms with Crippen LogP contribution in [-0.4, -0.2) is 40.6 Å². The van der Waals surface area contributed by atoms with Crippen molar-refractivity contribution in [1.29, 1.82) is 0 Å². The maximum atomic E-state index is 12.6.